The van der Waals surface area contributed by atoms with Gasteiger partial charge in [-0.05, 0) is 11.1 Å². The van der Waals surface area contributed by atoms with Crippen molar-refractivity contribution in [3.63, 3.8) is 0 Å². The second kappa shape index (κ2) is 6.84. The van der Waals surface area contributed by atoms with Gasteiger partial charge in [0.2, 0.25) is 0 Å². The average molecular weight is 282 g/mol. The van der Waals surface area contributed by atoms with Gasteiger partial charge in [-0.3, -0.25) is 9.59 Å². The molecular weight excluding hydrogens is 264 g/mol. The molecule has 0 aliphatic heterocycles. The molecule has 2 rings (SSSR count). The van der Waals surface area contributed by atoms with E-state index in [2.05, 4.69) is 4.74 Å². The summed E-state index contributed by atoms with van der Waals surface area (Å²) >= 11 is 0. The third-order valence-corrected chi connectivity index (χ3v) is 3.42. The van der Waals surface area contributed by atoms with Crippen molar-refractivity contribution in [2.75, 3.05) is 7.11 Å². The zero-order chi connectivity index (χ0) is 15.2. The van der Waals surface area contributed by atoms with Gasteiger partial charge in [-0.25, -0.2) is 0 Å². The third kappa shape index (κ3) is 3.78. The molecule has 0 aliphatic rings. The van der Waals surface area contributed by atoms with Gasteiger partial charge in [-0.2, -0.15) is 0 Å². The number of rotatable bonds is 5. The van der Waals surface area contributed by atoms with Gasteiger partial charge in [-0.1, -0.05) is 61.5 Å². The molecule has 0 aliphatic carbocycles. The zero-order valence-electron chi connectivity index (χ0n) is 12.2. The Morgan fingerprint density at radius 2 is 1.52 bits per heavy atom. The molecule has 0 amide bonds. The molecule has 0 aromatic heterocycles. The van der Waals surface area contributed by atoms with Crippen LogP contribution < -0.4 is 0 Å². The molecule has 2 aromatic rings. The minimum atomic E-state index is -0.375. The Morgan fingerprint density at radius 3 is 2.10 bits per heavy atom. The fourth-order valence-electron chi connectivity index (χ4n) is 2.17. The van der Waals surface area contributed by atoms with Crippen LogP contribution in [0.1, 0.15) is 23.7 Å². The van der Waals surface area contributed by atoms with E-state index >= 15 is 0 Å². The second-order valence-corrected chi connectivity index (χ2v) is 4.99. The number of Topliss-reactive ketones (excluding diaryl/α,β-unsaturated/α-hetero) is 1. The van der Waals surface area contributed by atoms with Crippen molar-refractivity contribution in [1.82, 2.24) is 0 Å². The molecule has 3 heteroatoms. The largest absolute Gasteiger partial charge is 0.469 e. The maximum Gasteiger partial charge on any atom is 0.306 e. The summed E-state index contributed by atoms with van der Waals surface area (Å²) in [6.07, 6.45) is 0.107. The number of ketones is 1. The molecule has 2 aromatic carbocycles. The van der Waals surface area contributed by atoms with Crippen LogP contribution in [0, 0.1) is 5.92 Å². The Hall–Kier alpha value is -2.42. The van der Waals surface area contributed by atoms with E-state index in [1.165, 1.54) is 7.11 Å². The van der Waals surface area contributed by atoms with Gasteiger partial charge in [0, 0.05) is 11.5 Å². The summed E-state index contributed by atoms with van der Waals surface area (Å²) in [5.74, 6) is -0.781. The lowest BCUT2D eigenvalue weighted by Crippen LogP contribution is -2.16. The standard InChI is InChI=1S/C18H18O3/c1-13(12-17(19)21-2)18(20)16-10-8-15(9-11-16)14-6-4-3-5-7-14/h3-11,13H,12H2,1-2H3. The summed E-state index contributed by atoms with van der Waals surface area (Å²) in [6.45, 7) is 1.74. The average Bonchev–Trinajstić information content (AvgIpc) is 2.55. The molecule has 0 N–H and O–H groups in total. The molecular formula is C18H18O3. The fraction of sp³-hybridized carbons (Fsp3) is 0.222. The minimum Gasteiger partial charge on any atom is -0.469 e. The number of esters is 1. The highest BCUT2D eigenvalue weighted by atomic mass is 16.5. The van der Waals surface area contributed by atoms with Crippen LogP contribution in [0.3, 0.4) is 0 Å². The molecule has 1 atom stereocenters. The van der Waals surface area contributed by atoms with Crippen LogP contribution in [0.2, 0.25) is 0 Å². The predicted molar refractivity (Wildman–Crippen MR) is 82.0 cm³/mol. The van der Waals surface area contributed by atoms with Crippen molar-refractivity contribution in [2.45, 2.75) is 13.3 Å². The van der Waals surface area contributed by atoms with Crippen molar-refractivity contribution in [3.05, 3.63) is 60.2 Å². The van der Waals surface area contributed by atoms with Crippen molar-refractivity contribution in [2.24, 2.45) is 5.92 Å². The highest BCUT2D eigenvalue weighted by Gasteiger charge is 2.18. The van der Waals surface area contributed by atoms with E-state index in [1.54, 1.807) is 19.1 Å². The Labute approximate surface area is 124 Å². The zero-order valence-corrected chi connectivity index (χ0v) is 12.2. The minimum absolute atomic E-state index is 0.0417. The van der Waals surface area contributed by atoms with E-state index in [1.807, 2.05) is 42.5 Å². The van der Waals surface area contributed by atoms with Gasteiger partial charge < -0.3 is 4.74 Å². The molecule has 0 saturated heterocycles. The first-order valence-electron chi connectivity index (χ1n) is 6.88. The third-order valence-electron chi connectivity index (χ3n) is 3.42. The number of hydrogen-bond acceptors (Lipinski definition) is 3. The van der Waals surface area contributed by atoms with E-state index in [0.29, 0.717) is 5.56 Å². The topological polar surface area (TPSA) is 43.4 Å². The number of ether oxygens (including phenoxy) is 1. The van der Waals surface area contributed by atoms with Crippen LogP contribution in [0.15, 0.2) is 54.6 Å². The highest BCUT2D eigenvalue weighted by molar-refractivity contribution is 5.99. The number of benzene rings is 2. The van der Waals surface area contributed by atoms with Gasteiger partial charge in [0.1, 0.15) is 0 Å². The van der Waals surface area contributed by atoms with E-state index < -0.39 is 0 Å². The number of hydrogen-bond donors (Lipinski definition) is 0. The summed E-state index contributed by atoms with van der Waals surface area (Å²) in [4.78, 5) is 23.5. The Bertz CT molecular complexity index is 615. The second-order valence-electron chi connectivity index (χ2n) is 4.99. The van der Waals surface area contributed by atoms with Gasteiger partial charge in [-0.15, -0.1) is 0 Å². The Morgan fingerprint density at radius 1 is 0.952 bits per heavy atom. The molecule has 0 fully saturated rings. The van der Waals surface area contributed by atoms with Crippen molar-refractivity contribution in [1.29, 1.82) is 0 Å². The lowest BCUT2D eigenvalue weighted by Gasteiger charge is -2.09. The maximum atomic E-state index is 12.2. The monoisotopic (exact) mass is 282 g/mol. The molecule has 1 unspecified atom stereocenters. The maximum absolute atomic E-state index is 12.2. The molecule has 0 heterocycles. The quantitative estimate of drug-likeness (QED) is 0.620. The number of carbonyl (C=O) groups excluding carboxylic acids is 2. The van der Waals surface area contributed by atoms with E-state index in [0.717, 1.165) is 11.1 Å². The van der Waals surface area contributed by atoms with E-state index in [4.69, 9.17) is 0 Å². The molecule has 0 radical (unpaired) electrons. The van der Waals surface area contributed by atoms with Crippen LogP contribution in [-0.2, 0) is 9.53 Å². The molecule has 0 spiro atoms. The first-order valence-corrected chi connectivity index (χ1v) is 6.88. The van der Waals surface area contributed by atoms with Crippen LogP contribution in [0.25, 0.3) is 11.1 Å². The van der Waals surface area contributed by atoms with Crippen LogP contribution >= 0.6 is 0 Å². The highest BCUT2D eigenvalue weighted by Crippen LogP contribution is 2.21. The summed E-state index contributed by atoms with van der Waals surface area (Å²) in [5, 5.41) is 0. The van der Waals surface area contributed by atoms with Gasteiger partial charge in [0.25, 0.3) is 0 Å². The fourth-order valence-corrected chi connectivity index (χ4v) is 2.17. The number of carbonyl (C=O) groups is 2. The summed E-state index contributed by atoms with van der Waals surface area (Å²) in [5.41, 5.74) is 2.79. The molecule has 21 heavy (non-hydrogen) atoms. The SMILES string of the molecule is COC(=O)CC(C)C(=O)c1ccc(-c2ccccc2)cc1. The first kappa shape index (κ1) is 15.0. The smallest absolute Gasteiger partial charge is 0.306 e. The summed E-state index contributed by atoms with van der Waals surface area (Å²) in [7, 11) is 1.33. The lowest BCUT2D eigenvalue weighted by molar-refractivity contribution is -0.141. The predicted octanol–water partition coefficient (Wildman–Crippen LogP) is 3.74. The van der Waals surface area contributed by atoms with Crippen molar-refractivity contribution < 1.29 is 14.3 Å². The summed E-state index contributed by atoms with van der Waals surface area (Å²) < 4.78 is 4.59. The van der Waals surface area contributed by atoms with Gasteiger partial charge in [0.15, 0.2) is 5.78 Å². The van der Waals surface area contributed by atoms with Crippen LogP contribution in [0.5, 0.6) is 0 Å². The first-order chi connectivity index (χ1) is 10.1. The molecule has 0 bridgehead atoms. The Balaban J connectivity index is 2.12. The van der Waals surface area contributed by atoms with Crippen LogP contribution in [0.4, 0.5) is 0 Å². The lowest BCUT2D eigenvalue weighted by atomic mass is 9.95. The van der Waals surface area contributed by atoms with E-state index in [-0.39, 0.29) is 24.1 Å². The molecule has 3 nitrogen and oxygen atoms in total. The molecule has 108 valence electrons. The van der Waals surface area contributed by atoms with E-state index in [9.17, 15) is 9.59 Å². The summed E-state index contributed by atoms with van der Waals surface area (Å²) in [6, 6.07) is 17.4. The van der Waals surface area contributed by atoms with Crippen molar-refractivity contribution >= 4 is 11.8 Å². The van der Waals surface area contributed by atoms with Gasteiger partial charge >= 0.3 is 5.97 Å². The molecule has 0 saturated carbocycles. The normalized spacial score (nSPS) is 11.7. The van der Waals surface area contributed by atoms with Crippen molar-refractivity contribution in [3.8, 4) is 11.1 Å². The Kier molecular flexibility index (Phi) is 4.88. The number of methoxy groups -OCH3 is 1. The van der Waals surface area contributed by atoms with Gasteiger partial charge in [0.05, 0.1) is 13.5 Å². The van der Waals surface area contributed by atoms with Crippen LogP contribution in [-0.4, -0.2) is 18.9 Å².